The molecule has 0 aromatic heterocycles. The molecule has 0 fully saturated rings. The molecule has 1 N–H and O–H groups in total. The zero-order valence-corrected chi connectivity index (χ0v) is 15.6. The summed E-state index contributed by atoms with van der Waals surface area (Å²) in [5.41, 5.74) is 1.65. The van der Waals surface area contributed by atoms with Gasteiger partial charge in [0, 0.05) is 16.0 Å². The second-order valence-electron chi connectivity index (χ2n) is 5.74. The highest BCUT2D eigenvalue weighted by Crippen LogP contribution is 2.43. The molecule has 2 aromatic carbocycles. The lowest BCUT2D eigenvalue weighted by Crippen LogP contribution is -2.27. The van der Waals surface area contributed by atoms with Crippen LogP contribution < -0.4 is 5.01 Å². The number of benzene rings is 2. The van der Waals surface area contributed by atoms with Gasteiger partial charge >= 0.3 is 5.97 Å². The van der Waals surface area contributed by atoms with Crippen molar-refractivity contribution in [3.05, 3.63) is 63.1 Å². The number of carboxylic acids is 1. The third-order valence-corrected chi connectivity index (χ3v) is 5.03. The SMILES string of the molecule is CC[C@@H]1C(C(=O)O)=NN(c2ccc(Cl)cc2Cl)[C@@H]1c1ccc(Cl)cc1. The highest BCUT2D eigenvalue weighted by Gasteiger charge is 2.41. The van der Waals surface area contributed by atoms with Crippen molar-refractivity contribution in [3.63, 3.8) is 0 Å². The van der Waals surface area contributed by atoms with E-state index in [2.05, 4.69) is 5.10 Å². The number of hydrazone groups is 1. The molecule has 25 heavy (non-hydrogen) atoms. The van der Waals surface area contributed by atoms with Crippen LogP contribution in [0.3, 0.4) is 0 Å². The van der Waals surface area contributed by atoms with E-state index in [-0.39, 0.29) is 17.7 Å². The summed E-state index contributed by atoms with van der Waals surface area (Å²) in [6.45, 7) is 1.94. The second kappa shape index (κ2) is 7.24. The molecule has 1 heterocycles. The molecular formula is C18H15Cl3N2O2. The van der Waals surface area contributed by atoms with Crippen molar-refractivity contribution in [2.24, 2.45) is 11.0 Å². The molecule has 2 aromatic rings. The van der Waals surface area contributed by atoms with Crippen LogP contribution in [-0.2, 0) is 4.79 Å². The molecule has 0 unspecified atom stereocenters. The largest absolute Gasteiger partial charge is 0.477 e. The first-order chi connectivity index (χ1) is 11.9. The van der Waals surface area contributed by atoms with Gasteiger partial charge in [-0.15, -0.1) is 0 Å². The Bertz CT molecular complexity index is 837. The second-order valence-corrected chi connectivity index (χ2v) is 7.02. The van der Waals surface area contributed by atoms with E-state index in [4.69, 9.17) is 34.8 Å². The Labute approximate surface area is 160 Å². The molecule has 0 saturated carbocycles. The minimum Gasteiger partial charge on any atom is -0.477 e. The van der Waals surface area contributed by atoms with E-state index >= 15 is 0 Å². The molecule has 0 amide bonds. The summed E-state index contributed by atoms with van der Waals surface area (Å²) in [5, 5.41) is 17.1. The van der Waals surface area contributed by atoms with Crippen molar-refractivity contribution in [2.75, 3.05) is 5.01 Å². The number of nitrogens with zero attached hydrogens (tertiary/aromatic N) is 2. The smallest absolute Gasteiger partial charge is 0.352 e. The molecule has 0 bridgehead atoms. The molecule has 1 aliphatic rings. The van der Waals surface area contributed by atoms with Crippen molar-refractivity contribution < 1.29 is 9.90 Å². The van der Waals surface area contributed by atoms with Gasteiger partial charge in [0.05, 0.1) is 16.8 Å². The average Bonchev–Trinajstić information content (AvgIpc) is 2.95. The number of halogens is 3. The lowest BCUT2D eigenvalue weighted by molar-refractivity contribution is -0.129. The molecule has 4 nitrogen and oxygen atoms in total. The van der Waals surface area contributed by atoms with Crippen molar-refractivity contribution in [1.29, 1.82) is 0 Å². The van der Waals surface area contributed by atoms with Crippen molar-refractivity contribution in [1.82, 2.24) is 0 Å². The summed E-state index contributed by atoms with van der Waals surface area (Å²) < 4.78 is 0. The van der Waals surface area contributed by atoms with Gasteiger partial charge in [-0.25, -0.2) is 4.79 Å². The molecule has 2 atom stereocenters. The Morgan fingerprint density at radius 3 is 2.32 bits per heavy atom. The highest BCUT2D eigenvalue weighted by atomic mass is 35.5. The molecule has 1 aliphatic heterocycles. The summed E-state index contributed by atoms with van der Waals surface area (Å²) in [5.74, 6) is -1.30. The average molecular weight is 398 g/mol. The maximum atomic E-state index is 11.7. The number of aliphatic carboxylic acids is 1. The number of rotatable bonds is 4. The van der Waals surface area contributed by atoms with Gasteiger partial charge in [0.25, 0.3) is 0 Å². The molecular weight excluding hydrogens is 383 g/mol. The zero-order valence-electron chi connectivity index (χ0n) is 13.3. The van der Waals surface area contributed by atoms with Crippen LogP contribution in [0, 0.1) is 5.92 Å². The Morgan fingerprint density at radius 2 is 1.76 bits per heavy atom. The number of hydrogen-bond donors (Lipinski definition) is 1. The summed E-state index contributed by atoms with van der Waals surface area (Å²) in [7, 11) is 0. The number of anilines is 1. The summed E-state index contributed by atoms with van der Waals surface area (Å²) in [4.78, 5) is 11.7. The van der Waals surface area contributed by atoms with Crippen LogP contribution in [0.25, 0.3) is 0 Å². The van der Waals surface area contributed by atoms with E-state index in [1.54, 1.807) is 35.3 Å². The van der Waals surface area contributed by atoms with Crippen LogP contribution in [0.1, 0.15) is 24.9 Å². The minimum atomic E-state index is -1.03. The van der Waals surface area contributed by atoms with Crippen LogP contribution in [0.15, 0.2) is 47.6 Å². The Hall–Kier alpha value is -1.75. The summed E-state index contributed by atoms with van der Waals surface area (Å²) >= 11 is 18.3. The van der Waals surface area contributed by atoms with Gasteiger partial charge in [0.15, 0.2) is 5.71 Å². The van der Waals surface area contributed by atoms with Gasteiger partial charge in [-0.3, -0.25) is 5.01 Å². The van der Waals surface area contributed by atoms with E-state index in [1.165, 1.54) is 0 Å². The fourth-order valence-corrected chi connectivity index (χ4v) is 3.72. The fourth-order valence-electron chi connectivity index (χ4n) is 3.09. The summed E-state index contributed by atoms with van der Waals surface area (Å²) in [6, 6.07) is 12.1. The summed E-state index contributed by atoms with van der Waals surface area (Å²) in [6.07, 6.45) is 0.625. The van der Waals surface area contributed by atoms with Gasteiger partial charge in [-0.05, 0) is 42.3 Å². The standard InChI is InChI=1S/C18H15Cl3N2O2/c1-2-13-16(18(24)25)22-23(15-8-7-12(20)9-14(15)21)17(13)10-3-5-11(19)6-4-10/h3-9,13,17H,2H2,1H3,(H,24,25)/t13-,17-/m1/s1. The first kappa shape index (κ1) is 18.1. The number of carbonyl (C=O) groups is 1. The van der Waals surface area contributed by atoms with Gasteiger partial charge in [-0.2, -0.15) is 5.10 Å². The Morgan fingerprint density at radius 1 is 1.12 bits per heavy atom. The maximum absolute atomic E-state index is 11.7. The lowest BCUT2D eigenvalue weighted by atomic mass is 9.88. The topological polar surface area (TPSA) is 52.9 Å². The predicted molar refractivity (Wildman–Crippen MR) is 102 cm³/mol. The number of carboxylic acid groups (broad SMARTS) is 1. The normalized spacial score (nSPS) is 19.8. The van der Waals surface area contributed by atoms with E-state index in [1.807, 2.05) is 19.1 Å². The van der Waals surface area contributed by atoms with Gasteiger partial charge < -0.3 is 5.11 Å². The first-order valence-corrected chi connectivity index (χ1v) is 8.87. The van der Waals surface area contributed by atoms with E-state index in [0.717, 1.165) is 5.56 Å². The third kappa shape index (κ3) is 3.47. The predicted octanol–water partition coefficient (Wildman–Crippen LogP) is 5.67. The molecule has 3 rings (SSSR count). The van der Waals surface area contributed by atoms with Crippen molar-refractivity contribution in [2.45, 2.75) is 19.4 Å². The van der Waals surface area contributed by atoms with Crippen molar-refractivity contribution >= 4 is 52.2 Å². The molecule has 0 spiro atoms. The van der Waals surface area contributed by atoms with E-state index in [9.17, 15) is 9.90 Å². The van der Waals surface area contributed by atoms with Gasteiger partial charge in [-0.1, -0.05) is 53.9 Å². The van der Waals surface area contributed by atoms with E-state index < -0.39 is 5.97 Å². The fraction of sp³-hybridized carbons (Fsp3) is 0.222. The number of hydrogen-bond acceptors (Lipinski definition) is 3. The molecule has 0 aliphatic carbocycles. The van der Waals surface area contributed by atoms with Crippen LogP contribution in [0.5, 0.6) is 0 Å². The molecule has 0 saturated heterocycles. The van der Waals surface area contributed by atoms with Gasteiger partial charge in [0.2, 0.25) is 0 Å². The molecule has 7 heteroatoms. The zero-order chi connectivity index (χ0) is 18.1. The van der Waals surface area contributed by atoms with Crippen LogP contribution in [-0.4, -0.2) is 16.8 Å². The Kier molecular flexibility index (Phi) is 5.23. The van der Waals surface area contributed by atoms with Crippen LogP contribution in [0.2, 0.25) is 15.1 Å². The van der Waals surface area contributed by atoms with Crippen LogP contribution in [0.4, 0.5) is 5.69 Å². The third-order valence-electron chi connectivity index (χ3n) is 4.24. The first-order valence-electron chi connectivity index (χ1n) is 7.74. The Balaban J connectivity index is 2.13. The quantitative estimate of drug-likeness (QED) is 0.722. The monoisotopic (exact) mass is 396 g/mol. The maximum Gasteiger partial charge on any atom is 0.352 e. The molecule has 0 radical (unpaired) electrons. The molecule has 130 valence electrons. The van der Waals surface area contributed by atoms with Crippen molar-refractivity contribution in [3.8, 4) is 0 Å². The van der Waals surface area contributed by atoms with Gasteiger partial charge in [0.1, 0.15) is 0 Å². The lowest BCUT2D eigenvalue weighted by Gasteiger charge is -2.28. The van der Waals surface area contributed by atoms with Crippen LogP contribution >= 0.6 is 34.8 Å². The van der Waals surface area contributed by atoms with E-state index in [0.29, 0.717) is 27.2 Å². The highest BCUT2D eigenvalue weighted by molar-refractivity contribution is 6.38. The minimum absolute atomic E-state index is 0.119.